The van der Waals surface area contributed by atoms with Gasteiger partial charge in [0.25, 0.3) is 0 Å². The Morgan fingerprint density at radius 1 is 1.71 bits per heavy atom. The molecule has 38 valence electrons. The molecule has 0 aromatic carbocycles. The minimum atomic E-state index is 0.755. The van der Waals surface area contributed by atoms with Crippen LogP contribution in [0.1, 0.15) is 0 Å². The molecule has 1 rings (SSSR count). The Morgan fingerprint density at radius 3 is 2.86 bits per heavy atom. The standard InChI is InChI=1S/C4H5ClN2/c5-7-3-1-2-6-4-7/h1-2,4H,3H2. The van der Waals surface area contributed by atoms with Gasteiger partial charge in [-0.15, -0.1) is 0 Å². The van der Waals surface area contributed by atoms with E-state index in [0.717, 1.165) is 6.54 Å². The SMILES string of the molecule is ClN1C=NC=CC1. The van der Waals surface area contributed by atoms with E-state index in [1.54, 1.807) is 12.5 Å². The zero-order valence-electron chi connectivity index (χ0n) is 3.71. The Bertz CT molecular complexity index is 108. The molecule has 0 fully saturated rings. The second kappa shape index (κ2) is 1.98. The number of hydrogen-bond donors (Lipinski definition) is 0. The summed E-state index contributed by atoms with van der Waals surface area (Å²) in [5.74, 6) is 0. The van der Waals surface area contributed by atoms with E-state index in [-0.39, 0.29) is 0 Å². The van der Waals surface area contributed by atoms with Gasteiger partial charge in [0, 0.05) is 18.0 Å². The summed E-state index contributed by atoms with van der Waals surface area (Å²) in [4.78, 5) is 3.75. The van der Waals surface area contributed by atoms with Gasteiger partial charge in [-0.25, -0.2) is 4.99 Å². The molecule has 1 aliphatic heterocycles. The predicted molar refractivity (Wildman–Crippen MR) is 30.2 cm³/mol. The molecular formula is C4H5ClN2. The highest BCUT2D eigenvalue weighted by molar-refractivity contribution is 6.18. The highest BCUT2D eigenvalue weighted by Gasteiger charge is 1.90. The summed E-state index contributed by atoms with van der Waals surface area (Å²) in [6, 6.07) is 0. The maximum atomic E-state index is 5.45. The third-order valence-electron chi connectivity index (χ3n) is 0.663. The molecule has 0 bridgehead atoms. The number of rotatable bonds is 0. The van der Waals surface area contributed by atoms with Crippen molar-refractivity contribution in [2.75, 3.05) is 6.54 Å². The summed E-state index contributed by atoms with van der Waals surface area (Å²) in [7, 11) is 0. The molecule has 0 atom stereocenters. The van der Waals surface area contributed by atoms with Crippen LogP contribution in [0.25, 0.3) is 0 Å². The monoisotopic (exact) mass is 116 g/mol. The maximum absolute atomic E-state index is 5.45. The Morgan fingerprint density at radius 2 is 2.57 bits per heavy atom. The fourth-order valence-corrected chi connectivity index (χ4v) is 0.497. The molecule has 0 spiro atoms. The van der Waals surface area contributed by atoms with Crippen LogP contribution in [0.15, 0.2) is 17.3 Å². The first-order chi connectivity index (χ1) is 3.39. The summed E-state index contributed by atoms with van der Waals surface area (Å²) >= 11 is 5.45. The molecule has 0 amide bonds. The average Bonchev–Trinajstić information content (AvgIpc) is 1.69. The molecule has 0 radical (unpaired) electrons. The van der Waals surface area contributed by atoms with Crippen molar-refractivity contribution in [3.63, 3.8) is 0 Å². The maximum Gasteiger partial charge on any atom is 0.105 e. The van der Waals surface area contributed by atoms with Crippen molar-refractivity contribution >= 4 is 18.1 Å². The number of hydrogen-bond acceptors (Lipinski definition) is 2. The fraction of sp³-hybridized carbons (Fsp3) is 0.250. The van der Waals surface area contributed by atoms with Crippen LogP contribution in [-0.2, 0) is 0 Å². The molecule has 1 aliphatic rings. The number of aliphatic imine (C=N–C) groups is 1. The number of nitrogens with zero attached hydrogens (tertiary/aromatic N) is 2. The normalized spacial score (nSPS) is 18.1. The van der Waals surface area contributed by atoms with Crippen LogP contribution in [0, 0.1) is 0 Å². The third-order valence-corrected chi connectivity index (χ3v) is 0.889. The first kappa shape index (κ1) is 4.65. The summed E-state index contributed by atoms with van der Waals surface area (Å²) < 4.78 is 1.49. The van der Waals surface area contributed by atoms with Crippen molar-refractivity contribution in [3.8, 4) is 0 Å². The summed E-state index contributed by atoms with van der Waals surface area (Å²) in [5, 5.41) is 0. The molecule has 0 N–H and O–H groups in total. The average molecular weight is 117 g/mol. The Balaban J connectivity index is 2.49. The van der Waals surface area contributed by atoms with Crippen LogP contribution in [0.3, 0.4) is 0 Å². The van der Waals surface area contributed by atoms with Crippen molar-refractivity contribution in [1.29, 1.82) is 0 Å². The number of halogens is 1. The third kappa shape index (κ3) is 1.20. The largest absolute Gasteiger partial charge is 0.271 e. The summed E-state index contributed by atoms with van der Waals surface area (Å²) in [6.45, 7) is 0.755. The highest BCUT2D eigenvalue weighted by atomic mass is 35.5. The topological polar surface area (TPSA) is 15.6 Å². The van der Waals surface area contributed by atoms with Gasteiger partial charge in [0.2, 0.25) is 0 Å². The minimum Gasteiger partial charge on any atom is -0.271 e. The van der Waals surface area contributed by atoms with Gasteiger partial charge in [-0.2, -0.15) is 0 Å². The van der Waals surface area contributed by atoms with Gasteiger partial charge in [0.05, 0.1) is 6.54 Å². The minimum absolute atomic E-state index is 0.755. The molecular weight excluding hydrogens is 112 g/mol. The predicted octanol–water partition coefficient (Wildman–Crippen LogP) is 0.998. The molecule has 7 heavy (non-hydrogen) atoms. The van der Waals surface area contributed by atoms with Gasteiger partial charge < -0.3 is 0 Å². The van der Waals surface area contributed by atoms with Crippen molar-refractivity contribution in [1.82, 2.24) is 4.42 Å². The second-order valence-electron chi connectivity index (χ2n) is 1.23. The van der Waals surface area contributed by atoms with Gasteiger partial charge in [0.1, 0.15) is 6.34 Å². The molecule has 0 aromatic rings. The lowest BCUT2D eigenvalue weighted by Gasteiger charge is -2.06. The van der Waals surface area contributed by atoms with E-state index in [1.165, 1.54) is 4.42 Å². The van der Waals surface area contributed by atoms with E-state index in [1.807, 2.05) is 6.08 Å². The summed E-state index contributed by atoms with van der Waals surface area (Å²) in [6.07, 6.45) is 5.17. The Hall–Kier alpha value is -0.500. The first-order valence-electron chi connectivity index (χ1n) is 2.00. The summed E-state index contributed by atoms with van der Waals surface area (Å²) in [5.41, 5.74) is 0. The van der Waals surface area contributed by atoms with Crippen molar-refractivity contribution in [3.05, 3.63) is 12.3 Å². The van der Waals surface area contributed by atoms with E-state index in [4.69, 9.17) is 11.8 Å². The van der Waals surface area contributed by atoms with Crippen LogP contribution < -0.4 is 0 Å². The quantitative estimate of drug-likeness (QED) is 0.431. The Labute approximate surface area is 47.2 Å². The van der Waals surface area contributed by atoms with Crippen LogP contribution >= 0.6 is 11.8 Å². The highest BCUT2D eigenvalue weighted by Crippen LogP contribution is 1.94. The van der Waals surface area contributed by atoms with Gasteiger partial charge >= 0.3 is 0 Å². The van der Waals surface area contributed by atoms with Crippen LogP contribution in [0.2, 0.25) is 0 Å². The lowest BCUT2D eigenvalue weighted by Crippen LogP contribution is -2.10. The molecule has 0 saturated heterocycles. The van der Waals surface area contributed by atoms with Crippen LogP contribution in [0.4, 0.5) is 0 Å². The van der Waals surface area contributed by atoms with E-state index < -0.39 is 0 Å². The molecule has 0 unspecified atom stereocenters. The Kier molecular flexibility index (Phi) is 1.32. The van der Waals surface area contributed by atoms with E-state index in [9.17, 15) is 0 Å². The lowest BCUT2D eigenvalue weighted by atomic mass is 10.6. The molecule has 0 aromatic heterocycles. The van der Waals surface area contributed by atoms with E-state index in [2.05, 4.69) is 4.99 Å². The van der Waals surface area contributed by atoms with E-state index >= 15 is 0 Å². The zero-order chi connectivity index (χ0) is 5.11. The molecule has 2 nitrogen and oxygen atoms in total. The van der Waals surface area contributed by atoms with Crippen molar-refractivity contribution in [2.24, 2.45) is 4.99 Å². The van der Waals surface area contributed by atoms with Crippen LogP contribution in [0.5, 0.6) is 0 Å². The second-order valence-corrected chi connectivity index (χ2v) is 1.67. The van der Waals surface area contributed by atoms with Crippen LogP contribution in [-0.4, -0.2) is 17.3 Å². The van der Waals surface area contributed by atoms with Crippen molar-refractivity contribution in [2.45, 2.75) is 0 Å². The zero-order valence-corrected chi connectivity index (χ0v) is 4.47. The molecule has 3 heteroatoms. The molecule has 0 aliphatic carbocycles. The van der Waals surface area contributed by atoms with Gasteiger partial charge in [-0.3, -0.25) is 4.42 Å². The first-order valence-corrected chi connectivity index (χ1v) is 2.34. The van der Waals surface area contributed by atoms with Gasteiger partial charge in [-0.05, 0) is 6.08 Å². The molecule has 0 saturated carbocycles. The van der Waals surface area contributed by atoms with Crippen molar-refractivity contribution < 1.29 is 0 Å². The van der Waals surface area contributed by atoms with Gasteiger partial charge in [-0.1, -0.05) is 0 Å². The molecule has 1 heterocycles. The smallest absolute Gasteiger partial charge is 0.105 e. The van der Waals surface area contributed by atoms with Gasteiger partial charge in [0.15, 0.2) is 0 Å². The fourth-order valence-electron chi connectivity index (χ4n) is 0.367. The van der Waals surface area contributed by atoms with E-state index in [0.29, 0.717) is 0 Å². The lowest BCUT2D eigenvalue weighted by molar-refractivity contribution is 0.748.